The number of hydrogen-bond donors (Lipinski definition) is 1. The van der Waals surface area contributed by atoms with Crippen LogP contribution in [0.3, 0.4) is 0 Å². The first-order valence-electron chi connectivity index (χ1n) is 6.73. The van der Waals surface area contributed by atoms with Gasteiger partial charge in [0.15, 0.2) is 0 Å². The highest BCUT2D eigenvalue weighted by molar-refractivity contribution is 6.31. The van der Waals surface area contributed by atoms with Gasteiger partial charge in [-0.15, -0.1) is 6.58 Å². The van der Waals surface area contributed by atoms with Gasteiger partial charge < -0.3 is 5.32 Å². The molecule has 1 saturated heterocycles. The summed E-state index contributed by atoms with van der Waals surface area (Å²) in [5.41, 5.74) is 1.02. The molecule has 1 fully saturated rings. The SMILES string of the molecule is C=CCC[C@@H](c1ccc(F)cc1Cl)N1CCNCC1. The molecule has 104 valence electrons. The number of halogens is 2. The Kier molecular flexibility index (Phi) is 5.37. The van der Waals surface area contributed by atoms with Crippen molar-refractivity contribution in [2.75, 3.05) is 26.2 Å². The van der Waals surface area contributed by atoms with E-state index in [0.717, 1.165) is 44.6 Å². The van der Waals surface area contributed by atoms with Gasteiger partial charge in [0, 0.05) is 37.2 Å². The molecule has 0 spiro atoms. The molecule has 19 heavy (non-hydrogen) atoms. The van der Waals surface area contributed by atoms with Crippen LogP contribution in [0.5, 0.6) is 0 Å². The summed E-state index contributed by atoms with van der Waals surface area (Å²) < 4.78 is 13.2. The molecule has 1 aliphatic heterocycles. The standard InChI is InChI=1S/C15H20ClFN2/c1-2-3-4-15(19-9-7-18-8-10-19)13-6-5-12(17)11-14(13)16/h2,5-6,11,15,18H,1,3-4,7-10H2/t15-/m0/s1. The van der Waals surface area contributed by atoms with Crippen molar-refractivity contribution in [3.63, 3.8) is 0 Å². The predicted molar refractivity (Wildman–Crippen MR) is 78.0 cm³/mol. The van der Waals surface area contributed by atoms with E-state index < -0.39 is 0 Å². The normalized spacial score (nSPS) is 18.2. The van der Waals surface area contributed by atoms with Crippen molar-refractivity contribution in [2.24, 2.45) is 0 Å². The van der Waals surface area contributed by atoms with Crippen LogP contribution in [0.15, 0.2) is 30.9 Å². The van der Waals surface area contributed by atoms with E-state index in [1.165, 1.54) is 12.1 Å². The smallest absolute Gasteiger partial charge is 0.124 e. The third kappa shape index (κ3) is 3.78. The van der Waals surface area contributed by atoms with Gasteiger partial charge in [0.05, 0.1) is 0 Å². The minimum atomic E-state index is -0.281. The molecular formula is C15H20ClFN2. The first-order valence-corrected chi connectivity index (χ1v) is 7.11. The van der Waals surface area contributed by atoms with Gasteiger partial charge in [0.25, 0.3) is 0 Å². The van der Waals surface area contributed by atoms with Crippen LogP contribution in [0.4, 0.5) is 4.39 Å². The molecule has 0 aromatic heterocycles. The van der Waals surface area contributed by atoms with Gasteiger partial charge in [-0.2, -0.15) is 0 Å². The zero-order chi connectivity index (χ0) is 13.7. The number of piperazine rings is 1. The maximum Gasteiger partial charge on any atom is 0.124 e. The van der Waals surface area contributed by atoms with E-state index in [0.29, 0.717) is 5.02 Å². The van der Waals surface area contributed by atoms with Gasteiger partial charge in [0.2, 0.25) is 0 Å². The Bertz CT molecular complexity index is 430. The molecule has 1 heterocycles. The van der Waals surface area contributed by atoms with E-state index in [2.05, 4.69) is 16.8 Å². The summed E-state index contributed by atoms with van der Waals surface area (Å²) in [5, 5.41) is 3.87. The molecule has 1 N–H and O–H groups in total. The lowest BCUT2D eigenvalue weighted by Crippen LogP contribution is -2.45. The molecule has 0 saturated carbocycles. The topological polar surface area (TPSA) is 15.3 Å². The van der Waals surface area contributed by atoms with E-state index >= 15 is 0 Å². The maximum absolute atomic E-state index is 13.2. The molecular weight excluding hydrogens is 263 g/mol. The number of allylic oxidation sites excluding steroid dienone is 1. The summed E-state index contributed by atoms with van der Waals surface area (Å²) in [6.45, 7) is 7.75. The first-order chi connectivity index (χ1) is 9.22. The van der Waals surface area contributed by atoms with Gasteiger partial charge in [-0.05, 0) is 30.5 Å². The van der Waals surface area contributed by atoms with E-state index in [1.54, 1.807) is 0 Å². The number of hydrogen-bond acceptors (Lipinski definition) is 2. The van der Waals surface area contributed by atoms with Crippen LogP contribution in [0, 0.1) is 5.82 Å². The summed E-state index contributed by atoms with van der Waals surface area (Å²) in [6.07, 6.45) is 3.82. The van der Waals surface area contributed by atoms with Gasteiger partial charge in [-0.1, -0.05) is 23.7 Å². The third-order valence-electron chi connectivity index (χ3n) is 3.56. The van der Waals surface area contributed by atoms with Crippen molar-refractivity contribution in [1.82, 2.24) is 10.2 Å². The van der Waals surface area contributed by atoms with Crippen LogP contribution in [0.1, 0.15) is 24.4 Å². The Balaban J connectivity index is 2.22. The minimum absolute atomic E-state index is 0.244. The van der Waals surface area contributed by atoms with Crippen LogP contribution in [0.2, 0.25) is 5.02 Å². The van der Waals surface area contributed by atoms with Crippen molar-refractivity contribution in [3.8, 4) is 0 Å². The van der Waals surface area contributed by atoms with E-state index in [-0.39, 0.29) is 11.9 Å². The fraction of sp³-hybridized carbons (Fsp3) is 0.467. The molecule has 2 rings (SSSR count). The minimum Gasteiger partial charge on any atom is -0.314 e. The fourth-order valence-corrected chi connectivity index (χ4v) is 2.87. The molecule has 0 aliphatic carbocycles. The summed E-state index contributed by atoms with van der Waals surface area (Å²) in [6, 6.07) is 4.95. The fourth-order valence-electron chi connectivity index (χ4n) is 2.58. The van der Waals surface area contributed by atoms with Crippen LogP contribution in [-0.4, -0.2) is 31.1 Å². The van der Waals surface area contributed by atoms with Crippen molar-refractivity contribution in [2.45, 2.75) is 18.9 Å². The molecule has 0 unspecified atom stereocenters. The Labute approximate surface area is 119 Å². The predicted octanol–water partition coefficient (Wildman–Crippen LogP) is 3.39. The molecule has 1 aliphatic rings. The van der Waals surface area contributed by atoms with Gasteiger partial charge in [-0.25, -0.2) is 4.39 Å². The molecule has 0 amide bonds. The summed E-state index contributed by atoms with van der Waals surface area (Å²) in [4.78, 5) is 2.42. The second-order valence-corrected chi connectivity index (χ2v) is 5.24. The lowest BCUT2D eigenvalue weighted by atomic mass is 9.99. The Morgan fingerprint density at radius 1 is 1.42 bits per heavy atom. The molecule has 0 radical (unpaired) electrons. The average Bonchev–Trinajstić information content (AvgIpc) is 2.42. The largest absolute Gasteiger partial charge is 0.314 e. The average molecular weight is 283 g/mol. The third-order valence-corrected chi connectivity index (χ3v) is 3.89. The lowest BCUT2D eigenvalue weighted by molar-refractivity contribution is 0.166. The summed E-state index contributed by atoms with van der Waals surface area (Å²) >= 11 is 6.21. The first kappa shape index (κ1) is 14.5. The number of nitrogens with zero attached hydrogens (tertiary/aromatic N) is 1. The summed E-state index contributed by atoms with van der Waals surface area (Å²) in [5.74, 6) is -0.281. The Morgan fingerprint density at radius 2 is 2.16 bits per heavy atom. The van der Waals surface area contributed by atoms with Crippen molar-refractivity contribution in [1.29, 1.82) is 0 Å². The van der Waals surface area contributed by atoms with E-state index in [4.69, 9.17) is 11.6 Å². The number of rotatable bonds is 5. The van der Waals surface area contributed by atoms with Crippen molar-refractivity contribution < 1.29 is 4.39 Å². The van der Waals surface area contributed by atoms with Crippen LogP contribution in [-0.2, 0) is 0 Å². The van der Waals surface area contributed by atoms with Crippen LogP contribution in [0.25, 0.3) is 0 Å². The molecule has 4 heteroatoms. The van der Waals surface area contributed by atoms with Crippen LogP contribution >= 0.6 is 11.6 Å². The lowest BCUT2D eigenvalue weighted by Gasteiger charge is -2.35. The van der Waals surface area contributed by atoms with Gasteiger partial charge in [0.1, 0.15) is 5.82 Å². The highest BCUT2D eigenvalue weighted by Crippen LogP contribution is 2.32. The van der Waals surface area contributed by atoms with Gasteiger partial charge in [-0.3, -0.25) is 4.90 Å². The van der Waals surface area contributed by atoms with Crippen molar-refractivity contribution >= 4 is 11.6 Å². The Hall–Kier alpha value is -0.900. The number of nitrogens with one attached hydrogen (secondary N) is 1. The van der Waals surface area contributed by atoms with E-state index in [1.807, 2.05) is 12.1 Å². The highest BCUT2D eigenvalue weighted by Gasteiger charge is 2.23. The zero-order valence-electron chi connectivity index (χ0n) is 11.0. The molecule has 1 aromatic carbocycles. The van der Waals surface area contributed by atoms with E-state index in [9.17, 15) is 4.39 Å². The Morgan fingerprint density at radius 3 is 2.79 bits per heavy atom. The van der Waals surface area contributed by atoms with Crippen LogP contribution < -0.4 is 5.32 Å². The monoisotopic (exact) mass is 282 g/mol. The number of benzene rings is 1. The van der Waals surface area contributed by atoms with Gasteiger partial charge >= 0.3 is 0 Å². The second-order valence-electron chi connectivity index (χ2n) is 4.83. The zero-order valence-corrected chi connectivity index (χ0v) is 11.8. The summed E-state index contributed by atoms with van der Waals surface area (Å²) in [7, 11) is 0. The maximum atomic E-state index is 13.2. The molecule has 0 bridgehead atoms. The highest BCUT2D eigenvalue weighted by atomic mass is 35.5. The molecule has 1 aromatic rings. The second kappa shape index (κ2) is 7.04. The quantitative estimate of drug-likeness (QED) is 0.833. The van der Waals surface area contributed by atoms with Crippen molar-refractivity contribution in [3.05, 3.63) is 47.3 Å². The molecule has 1 atom stereocenters. The molecule has 2 nitrogen and oxygen atoms in total.